The van der Waals surface area contributed by atoms with Gasteiger partial charge in [-0.15, -0.1) is 0 Å². The number of nitrogens with one attached hydrogen (secondary N) is 2. The number of benzene rings is 1. The fourth-order valence-corrected chi connectivity index (χ4v) is 2.61. The Kier molecular flexibility index (Phi) is 4.57. The maximum absolute atomic E-state index is 11.9. The number of rotatable bonds is 3. The molecule has 1 unspecified atom stereocenters. The number of carbonyl (C=O) groups excluding carboxylic acids is 2. The van der Waals surface area contributed by atoms with Crippen molar-refractivity contribution in [2.24, 2.45) is 0 Å². The van der Waals surface area contributed by atoms with Crippen LogP contribution in [0.5, 0.6) is 0 Å². The Morgan fingerprint density at radius 3 is 2.67 bits per heavy atom. The van der Waals surface area contributed by atoms with E-state index in [-0.39, 0.29) is 18.0 Å². The van der Waals surface area contributed by atoms with Crippen LogP contribution in [0.1, 0.15) is 6.42 Å². The van der Waals surface area contributed by atoms with Gasteiger partial charge in [-0.05, 0) is 18.2 Å². The number of likely N-dealkylation sites (N-methyl/N-ethyl adjacent to an activating group) is 1. The maximum Gasteiger partial charge on any atom is 0.319 e. The van der Waals surface area contributed by atoms with E-state index in [4.69, 9.17) is 11.6 Å². The van der Waals surface area contributed by atoms with E-state index in [1.165, 1.54) is 0 Å². The average Bonchev–Trinajstić information content (AvgIpc) is 2.67. The first-order valence-electron chi connectivity index (χ1n) is 6.65. The van der Waals surface area contributed by atoms with E-state index in [0.29, 0.717) is 23.7 Å². The van der Waals surface area contributed by atoms with Crippen molar-refractivity contribution in [1.29, 1.82) is 0 Å². The fraction of sp³-hybridized carbons (Fsp3) is 0.429. The van der Waals surface area contributed by atoms with Gasteiger partial charge in [0.05, 0.1) is 16.8 Å². The van der Waals surface area contributed by atoms with E-state index >= 15 is 0 Å². The molecule has 21 heavy (non-hydrogen) atoms. The molecule has 3 amide bonds. The molecular weight excluding hydrogens is 292 g/mol. The summed E-state index contributed by atoms with van der Waals surface area (Å²) in [5.74, 6) is 0.0404. The number of amides is 3. The highest BCUT2D eigenvalue weighted by molar-refractivity contribution is 6.33. The zero-order valence-electron chi connectivity index (χ0n) is 12.3. The van der Waals surface area contributed by atoms with Gasteiger partial charge in [0, 0.05) is 39.8 Å². The number of halogens is 1. The van der Waals surface area contributed by atoms with E-state index in [2.05, 4.69) is 10.6 Å². The standard InChI is InChI=1S/C14H19ClN4O2/c1-18(2)12-5-4-9(6-11(12)15)16-14(21)17-10-7-13(20)19(3)8-10/h4-6,10H,7-8H2,1-3H3,(H2,16,17,21). The molecule has 1 aromatic carbocycles. The molecule has 0 bridgehead atoms. The van der Waals surface area contributed by atoms with Crippen LogP contribution in [0, 0.1) is 0 Å². The van der Waals surface area contributed by atoms with E-state index in [0.717, 1.165) is 5.69 Å². The summed E-state index contributed by atoms with van der Waals surface area (Å²) < 4.78 is 0. The Bertz CT molecular complexity index is 562. The lowest BCUT2D eigenvalue weighted by atomic mass is 10.2. The second kappa shape index (κ2) is 6.22. The van der Waals surface area contributed by atoms with Gasteiger partial charge >= 0.3 is 6.03 Å². The van der Waals surface area contributed by atoms with Crippen molar-refractivity contribution >= 4 is 34.9 Å². The number of urea groups is 1. The largest absolute Gasteiger partial charge is 0.376 e. The SMILES string of the molecule is CN1CC(NC(=O)Nc2ccc(N(C)C)c(Cl)c2)CC1=O. The van der Waals surface area contributed by atoms with Gasteiger partial charge in [-0.1, -0.05) is 11.6 Å². The van der Waals surface area contributed by atoms with Gasteiger partial charge in [-0.25, -0.2) is 4.79 Å². The van der Waals surface area contributed by atoms with Crippen molar-refractivity contribution in [2.45, 2.75) is 12.5 Å². The first-order chi connectivity index (χ1) is 9.86. The second-order valence-corrected chi connectivity index (χ2v) is 5.74. The molecule has 0 spiro atoms. The Balaban J connectivity index is 1.94. The van der Waals surface area contributed by atoms with E-state index in [1.807, 2.05) is 25.1 Å². The van der Waals surface area contributed by atoms with Gasteiger partial charge in [0.25, 0.3) is 0 Å². The molecule has 0 saturated carbocycles. The molecule has 1 aliphatic rings. The number of anilines is 2. The number of nitrogens with zero attached hydrogens (tertiary/aromatic N) is 2. The molecule has 0 aromatic heterocycles. The Labute approximate surface area is 129 Å². The number of carbonyl (C=O) groups is 2. The smallest absolute Gasteiger partial charge is 0.319 e. The number of hydrogen-bond acceptors (Lipinski definition) is 3. The van der Waals surface area contributed by atoms with E-state index in [1.54, 1.807) is 24.1 Å². The molecule has 0 aliphatic carbocycles. The van der Waals surface area contributed by atoms with E-state index < -0.39 is 0 Å². The van der Waals surface area contributed by atoms with Crippen molar-refractivity contribution in [1.82, 2.24) is 10.2 Å². The summed E-state index contributed by atoms with van der Waals surface area (Å²) in [6.07, 6.45) is 0.338. The number of likely N-dealkylation sites (tertiary alicyclic amines) is 1. The molecule has 1 fully saturated rings. The molecule has 0 radical (unpaired) electrons. The monoisotopic (exact) mass is 310 g/mol. The lowest BCUT2D eigenvalue weighted by Crippen LogP contribution is -2.39. The summed E-state index contributed by atoms with van der Waals surface area (Å²) in [6, 6.07) is 4.83. The van der Waals surface area contributed by atoms with Gasteiger partial charge in [0.1, 0.15) is 0 Å². The molecule has 1 aromatic rings. The zero-order chi connectivity index (χ0) is 15.6. The van der Waals surface area contributed by atoms with Crippen LogP contribution < -0.4 is 15.5 Å². The minimum absolute atomic E-state index is 0.0404. The van der Waals surface area contributed by atoms with Gasteiger partial charge in [0.2, 0.25) is 5.91 Å². The van der Waals surface area contributed by atoms with Crippen LogP contribution in [0.4, 0.5) is 16.2 Å². The number of hydrogen-bond donors (Lipinski definition) is 2. The van der Waals surface area contributed by atoms with Crippen LogP contribution in [-0.2, 0) is 4.79 Å². The van der Waals surface area contributed by atoms with Crippen LogP contribution >= 0.6 is 11.6 Å². The molecule has 6 nitrogen and oxygen atoms in total. The van der Waals surface area contributed by atoms with Crippen molar-refractivity contribution in [2.75, 3.05) is 37.9 Å². The van der Waals surface area contributed by atoms with Gasteiger partial charge < -0.3 is 20.4 Å². The first-order valence-corrected chi connectivity index (χ1v) is 7.03. The van der Waals surface area contributed by atoms with Gasteiger partial charge in [-0.2, -0.15) is 0 Å². The lowest BCUT2D eigenvalue weighted by Gasteiger charge is -2.16. The van der Waals surface area contributed by atoms with Crippen LogP contribution in [0.15, 0.2) is 18.2 Å². The van der Waals surface area contributed by atoms with Gasteiger partial charge in [-0.3, -0.25) is 4.79 Å². The van der Waals surface area contributed by atoms with Crippen LogP contribution in [0.3, 0.4) is 0 Å². The molecule has 2 N–H and O–H groups in total. The third kappa shape index (κ3) is 3.78. The summed E-state index contributed by atoms with van der Waals surface area (Å²) in [4.78, 5) is 26.8. The Morgan fingerprint density at radius 1 is 1.43 bits per heavy atom. The summed E-state index contributed by atoms with van der Waals surface area (Å²) >= 11 is 6.15. The summed E-state index contributed by atoms with van der Waals surface area (Å²) in [6.45, 7) is 0.534. The Morgan fingerprint density at radius 2 is 2.14 bits per heavy atom. The third-order valence-corrected chi connectivity index (χ3v) is 3.67. The summed E-state index contributed by atoms with van der Waals surface area (Å²) in [7, 11) is 5.52. The molecular formula is C14H19ClN4O2. The minimum atomic E-state index is -0.336. The van der Waals surface area contributed by atoms with Crippen LogP contribution in [-0.4, -0.2) is 50.6 Å². The predicted octanol–water partition coefficient (Wildman–Crippen LogP) is 1.76. The molecule has 1 atom stereocenters. The lowest BCUT2D eigenvalue weighted by molar-refractivity contribution is -0.126. The normalized spacial score (nSPS) is 17.8. The third-order valence-electron chi connectivity index (χ3n) is 3.36. The highest BCUT2D eigenvalue weighted by Gasteiger charge is 2.27. The van der Waals surface area contributed by atoms with Crippen molar-refractivity contribution in [3.05, 3.63) is 23.2 Å². The average molecular weight is 311 g/mol. The molecule has 1 aliphatic heterocycles. The highest BCUT2D eigenvalue weighted by atomic mass is 35.5. The zero-order valence-corrected chi connectivity index (χ0v) is 13.1. The Hall–Kier alpha value is -1.95. The van der Waals surface area contributed by atoms with E-state index in [9.17, 15) is 9.59 Å². The second-order valence-electron chi connectivity index (χ2n) is 5.33. The highest BCUT2D eigenvalue weighted by Crippen LogP contribution is 2.27. The molecule has 1 saturated heterocycles. The first kappa shape index (κ1) is 15.4. The van der Waals surface area contributed by atoms with Crippen molar-refractivity contribution in [3.63, 3.8) is 0 Å². The predicted molar refractivity (Wildman–Crippen MR) is 84.0 cm³/mol. The minimum Gasteiger partial charge on any atom is -0.376 e. The van der Waals surface area contributed by atoms with Crippen LogP contribution in [0.2, 0.25) is 5.02 Å². The molecule has 7 heteroatoms. The van der Waals surface area contributed by atoms with Crippen LogP contribution in [0.25, 0.3) is 0 Å². The fourth-order valence-electron chi connectivity index (χ4n) is 2.26. The topological polar surface area (TPSA) is 64.7 Å². The quantitative estimate of drug-likeness (QED) is 0.894. The summed E-state index contributed by atoms with van der Waals surface area (Å²) in [5, 5.41) is 6.07. The maximum atomic E-state index is 11.9. The molecule has 114 valence electrons. The molecule has 1 heterocycles. The van der Waals surface area contributed by atoms with Gasteiger partial charge in [0.15, 0.2) is 0 Å². The van der Waals surface area contributed by atoms with Crippen molar-refractivity contribution in [3.8, 4) is 0 Å². The van der Waals surface area contributed by atoms with Crippen molar-refractivity contribution < 1.29 is 9.59 Å². The summed E-state index contributed by atoms with van der Waals surface area (Å²) in [5.41, 5.74) is 1.49. The molecule has 2 rings (SSSR count).